The SMILES string of the molecule is O/N=C(\Cl)c1ccc(C(F)(F)F)nc1. The molecular formula is C7H4ClF3N2O. The summed E-state index contributed by atoms with van der Waals surface area (Å²) < 4.78 is 36.1. The second kappa shape index (κ2) is 3.83. The lowest BCUT2D eigenvalue weighted by Crippen LogP contribution is -2.08. The molecule has 76 valence electrons. The van der Waals surface area contributed by atoms with E-state index in [1.165, 1.54) is 0 Å². The fourth-order valence-electron chi connectivity index (χ4n) is 0.741. The van der Waals surface area contributed by atoms with Gasteiger partial charge in [0, 0.05) is 11.8 Å². The van der Waals surface area contributed by atoms with Gasteiger partial charge in [-0.2, -0.15) is 13.2 Å². The van der Waals surface area contributed by atoms with Crippen molar-refractivity contribution < 1.29 is 18.4 Å². The van der Waals surface area contributed by atoms with Gasteiger partial charge in [0.05, 0.1) is 0 Å². The van der Waals surface area contributed by atoms with Gasteiger partial charge in [0.25, 0.3) is 0 Å². The normalized spacial score (nSPS) is 13.0. The Morgan fingerprint density at radius 3 is 2.43 bits per heavy atom. The highest BCUT2D eigenvalue weighted by Crippen LogP contribution is 2.27. The lowest BCUT2D eigenvalue weighted by atomic mass is 10.2. The summed E-state index contributed by atoms with van der Waals surface area (Å²) in [5.41, 5.74) is -0.911. The summed E-state index contributed by atoms with van der Waals surface area (Å²) in [5, 5.41) is 10.5. The Morgan fingerprint density at radius 1 is 1.43 bits per heavy atom. The summed E-state index contributed by atoms with van der Waals surface area (Å²) in [4.78, 5) is 3.12. The largest absolute Gasteiger partial charge is 0.433 e. The van der Waals surface area contributed by atoms with Gasteiger partial charge in [0.1, 0.15) is 5.69 Å². The van der Waals surface area contributed by atoms with Crippen LogP contribution >= 0.6 is 11.6 Å². The zero-order valence-corrected chi connectivity index (χ0v) is 7.34. The maximum absolute atomic E-state index is 12.0. The summed E-state index contributed by atoms with van der Waals surface area (Å²) >= 11 is 5.34. The van der Waals surface area contributed by atoms with E-state index in [1.54, 1.807) is 0 Å². The molecule has 1 rings (SSSR count). The highest BCUT2D eigenvalue weighted by molar-refractivity contribution is 6.69. The first-order valence-electron chi connectivity index (χ1n) is 3.36. The molecule has 0 atom stereocenters. The number of aromatic nitrogens is 1. The minimum atomic E-state index is -4.48. The van der Waals surface area contributed by atoms with E-state index in [0.29, 0.717) is 0 Å². The van der Waals surface area contributed by atoms with Crippen molar-refractivity contribution >= 4 is 16.8 Å². The van der Waals surface area contributed by atoms with Crippen LogP contribution in [0.4, 0.5) is 13.2 Å². The molecule has 0 aliphatic rings. The topological polar surface area (TPSA) is 45.5 Å². The summed E-state index contributed by atoms with van der Waals surface area (Å²) in [6.07, 6.45) is -3.60. The highest BCUT2D eigenvalue weighted by Gasteiger charge is 2.32. The fraction of sp³-hybridized carbons (Fsp3) is 0.143. The molecule has 0 amide bonds. The van der Waals surface area contributed by atoms with E-state index in [-0.39, 0.29) is 10.7 Å². The van der Waals surface area contributed by atoms with E-state index >= 15 is 0 Å². The lowest BCUT2D eigenvalue weighted by molar-refractivity contribution is -0.141. The molecule has 0 aromatic carbocycles. The number of alkyl halides is 3. The number of hydrogen-bond donors (Lipinski definition) is 1. The van der Waals surface area contributed by atoms with Gasteiger partial charge in [0.2, 0.25) is 0 Å². The molecule has 0 unspecified atom stereocenters. The van der Waals surface area contributed by atoms with Crippen LogP contribution in [0.1, 0.15) is 11.3 Å². The molecule has 1 aromatic heterocycles. The Bertz CT molecular complexity index is 347. The Labute approximate surface area is 81.8 Å². The first-order chi connectivity index (χ1) is 6.45. The van der Waals surface area contributed by atoms with Gasteiger partial charge >= 0.3 is 6.18 Å². The standard InChI is InChI=1S/C7H4ClF3N2O/c8-6(13-14)4-1-2-5(12-3-4)7(9,10)11/h1-3,14H/b13-6-. The third-order valence-corrected chi connectivity index (χ3v) is 1.67. The number of rotatable bonds is 1. The molecule has 0 radical (unpaired) electrons. The third kappa shape index (κ3) is 2.35. The number of halogens is 4. The molecule has 1 aromatic rings. The van der Waals surface area contributed by atoms with E-state index in [9.17, 15) is 13.2 Å². The van der Waals surface area contributed by atoms with Crippen LogP contribution < -0.4 is 0 Å². The van der Waals surface area contributed by atoms with Crippen molar-refractivity contribution in [2.45, 2.75) is 6.18 Å². The first-order valence-corrected chi connectivity index (χ1v) is 3.74. The summed E-state index contributed by atoms with van der Waals surface area (Å²) in [6, 6.07) is 1.82. The van der Waals surface area contributed by atoms with Gasteiger partial charge < -0.3 is 5.21 Å². The van der Waals surface area contributed by atoms with Crippen LogP contribution in [0.2, 0.25) is 0 Å². The molecule has 0 saturated heterocycles. The van der Waals surface area contributed by atoms with Crippen LogP contribution in [-0.2, 0) is 6.18 Å². The van der Waals surface area contributed by atoms with Gasteiger partial charge in [-0.15, -0.1) is 0 Å². The van der Waals surface area contributed by atoms with E-state index in [4.69, 9.17) is 16.8 Å². The van der Waals surface area contributed by atoms with Crippen molar-refractivity contribution in [3.8, 4) is 0 Å². The van der Waals surface area contributed by atoms with Crippen molar-refractivity contribution in [2.75, 3.05) is 0 Å². The van der Waals surface area contributed by atoms with Crippen molar-refractivity contribution in [1.82, 2.24) is 4.98 Å². The zero-order valence-electron chi connectivity index (χ0n) is 6.59. The monoisotopic (exact) mass is 224 g/mol. The minimum absolute atomic E-state index is 0.113. The molecule has 0 spiro atoms. The Balaban J connectivity index is 3.01. The van der Waals surface area contributed by atoms with Gasteiger partial charge in [-0.3, -0.25) is 4.98 Å². The quantitative estimate of drug-likeness (QED) is 0.453. The van der Waals surface area contributed by atoms with Gasteiger partial charge in [-0.25, -0.2) is 0 Å². The predicted octanol–water partition coefficient (Wildman–Crippen LogP) is 2.48. The average molecular weight is 225 g/mol. The molecule has 0 saturated carbocycles. The molecule has 1 N–H and O–H groups in total. The smallest absolute Gasteiger partial charge is 0.410 e. The van der Waals surface area contributed by atoms with Gasteiger partial charge in [-0.05, 0) is 12.1 Å². The molecule has 1 heterocycles. The Hall–Kier alpha value is -1.30. The average Bonchev–Trinajstić information content (AvgIpc) is 2.15. The van der Waals surface area contributed by atoms with Crippen LogP contribution in [0.15, 0.2) is 23.5 Å². The van der Waals surface area contributed by atoms with Crippen molar-refractivity contribution in [3.05, 3.63) is 29.6 Å². The highest BCUT2D eigenvalue weighted by atomic mass is 35.5. The number of hydrogen-bond acceptors (Lipinski definition) is 3. The predicted molar refractivity (Wildman–Crippen MR) is 43.4 cm³/mol. The maximum atomic E-state index is 12.0. The van der Waals surface area contributed by atoms with E-state index in [1.807, 2.05) is 0 Å². The second-order valence-electron chi connectivity index (χ2n) is 2.32. The maximum Gasteiger partial charge on any atom is 0.433 e. The van der Waals surface area contributed by atoms with E-state index in [2.05, 4.69) is 10.1 Å². The minimum Gasteiger partial charge on any atom is -0.410 e. The van der Waals surface area contributed by atoms with Crippen molar-refractivity contribution in [2.24, 2.45) is 5.16 Å². The second-order valence-corrected chi connectivity index (χ2v) is 2.68. The zero-order chi connectivity index (χ0) is 10.8. The van der Waals surface area contributed by atoms with Gasteiger partial charge in [0.15, 0.2) is 5.17 Å². The van der Waals surface area contributed by atoms with Crippen LogP contribution in [0.25, 0.3) is 0 Å². The van der Waals surface area contributed by atoms with E-state index in [0.717, 1.165) is 18.3 Å². The Morgan fingerprint density at radius 2 is 2.07 bits per heavy atom. The molecule has 0 aliphatic heterocycles. The summed E-state index contributed by atoms with van der Waals surface area (Å²) in [7, 11) is 0. The van der Waals surface area contributed by atoms with Crippen LogP contribution in [0.3, 0.4) is 0 Å². The number of oxime groups is 1. The van der Waals surface area contributed by atoms with Crippen molar-refractivity contribution in [3.63, 3.8) is 0 Å². The third-order valence-electron chi connectivity index (χ3n) is 1.38. The molecule has 7 heteroatoms. The van der Waals surface area contributed by atoms with Crippen LogP contribution in [-0.4, -0.2) is 15.4 Å². The van der Waals surface area contributed by atoms with Crippen LogP contribution in [0.5, 0.6) is 0 Å². The molecule has 0 aliphatic carbocycles. The lowest BCUT2D eigenvalue weighted by Gasteiger charge is -2.04. The fourth-order valence-corrected chi connectivity index (χ4v) is 0.853. The number of pyridine rings is 1. The van der Waals surface area contributed by atoms with E-state index < -0.39 is 11.9 Å². The first kappa shape index (κ1) is 10.8. The van der Waals surface area contributed by atoms with Crippen LogP contribution in [0, 0.1) is 0 Å². The van der Waals surface area contributed by atoms with Crippen molar-refractivity contribution in [1.29, 1.82) is 0 Å². The summed E-state index contributed by atoms with van der Waals surface area (Å²) in [5.74, 6) is 0. The summed E-state index contributed by atoms with van der Waals surface area (Å²) in [6.45, 7) is 0. The molecule has 0 bridgehead atoms. The Kier molecular flexibility index (Phi) is 2.95. The molecule has 14 heavy (non-hydrogen) atoms. The molecule has 3 nitrogen and oxygen atoms in total. The van der Waals surface area contributed by atoms with Gasteiger partial charge in [-0.1, -0.05) is 16.8 Å². The molecule has 0 fully saturated rings. The molecular weight excluding hydrogens is 221 g/mol. The number of nitrogens with zero attached hydrogens (tertiary/aromatic N) is 2.